The van der Waals surface area contributed by atoms with E-state index in [1.165, 1.54) is 12.1 Å². The Hall–Kier alpha value is -2.35. The van der Waals surface area contributed by atoms with Crippen molar-refractivity contribution in [1.29, 1.82) is 0 Å². The highest BCUT2D eigenvalue weighted by molar-refractivity contribution is 5.80. The molecule has 1 aliphatic heterocycles. The van der Waals surface area contributed by atoms with Crippen LogP contribution in [-0.4, -0.2) is 74.3 Å². The van der Waals surface area contributed by atoms with Crippen molar-refractivity contribution in [1.82, 2.24) is 20.4 Å². The molecule has 1 aromatic rings. The SMILES string of the molecule is CCNC(=NCCN(C)Cc1ccc(F)cc1)NC1CCN(C(=O)OCC)CC1. The van der Waals surface area contributed by atoms with Gasteiger partial charge in [-0.2, -0.15) is 0 Å². The Labute approximate surface area is 173 Å². The van der Waals surface area contributed by atoms with Crippen LogP contribution in [0.2, 0.25) is 0 Å². The van der Waals surface area contributed by atoms with E-state index in [4.69, 9.17) is 4.74 Å². The van der Waals surface area contributed by atoms with Gasteiger partial charge in [-0.15, -0.1) is 0 Å². The first-order valence-electron chi connectivity index (χ1n) is 10.4. The number of amides is 1. The summed E-state index contributed by atoms with van der Waals surface area (Å²) in [5.41, 5.74) is 1.08. The van der Waals surface area contributed by atoms with Gasteiger partial charge in [0.25, 0.3) is 0 Å². The second-order valence-electron chi connectivity index (χ2n) is 7.23. The average Bonchev–Trinajstić information content (AvgIpc) is 2.70. The van der Waals surface area contributed by atoms with Crippen LogP contribution in [-0.2, 0) is 11.3 Å². The number of aliphatic imine (C=N–C) groups is 1. The molecule has 1 aromatic carbocycles. The number of hydrogen-bond donors (Lipinski definition) is 2. The first kappa shape index (κ1) is 22.9. The van der Waals surface area contributed by atoms with Gasteiger partial charge in [0, 0.05) is 38.8 Å². The van der Waals surface area contributed by atoms with E-state index in [0.717, 1.165) is 44.0 Å². The molecular weight excluding hydrogens is 373 g/mol. The summed E-state index contributed by atoms with van der Waals surface area (Å²) in [6, 6.07) is 6.88. The first-order chi connectivity index (χ1) is 14.0. The molecule has 29 heavy (non-hydrogen) atoms. The Kier molecular flexibility index (Phi) is 9.70. The molecule has 0 atom stereocenters. The zero-order valence-electron chi connectivity index (χ0n) is 17.8. The minimum absolute atomic E-state index is 0.213. The Morgan fingerprint density at radius 3 is 2.59 bits per heavy atom. The standard InChI is InChI=1S/C21H34FN5O2/c1-4-23-20(25-19-10-13-27(14-11-19)21(28)29-5-2)24-12-15-26(3)16-17-6-8-18(22)9-7-17/h6-9,19H,4-5,10-16H2,1-3H3,(H2,23,24,25). The zero-order chi connectivity index (χ0) is 21.1. The Morgan fingerprint density at radius 1 is 1.28 bits per heavy atom. The van der Waals surface area contributed by atoms with E-state index in [0.29, 0.717) is 26.2 Å². The summed E-state index contributed by atoms with van der Waals surface area (Å²) in [6.45, 7) is 8.66. The molecule has 1 saturated heterocycles. The minimum atomic E-state index is -0.226. The molecule has 0 aliphatic carbocycles. The van der Waals surface area contributed by atoms with Crippen molar-refractivity contribution in [2.75, 3.05) is 46.4 Å². The van der Waals surface area contributed by atoms with Crippen LogP contribution < -0.4 is 10.6 Å². The summed E-state index contributed by atoms with van der Waals surface area (Å²) >= 11 is 0. The number of ether oxygens (including phenoxy) is 1. The van der Waals surface area contributed by atoms with Crippen molar-refractivity contribution >= 4 is 12.1 Å². The summed E-state index contributed by atoms with van der Waals surface area (Å²) < 4.78 is 18.1. The van der Waals surface area contributed by atoms with Crippen LogP contribution in [0.3, 0.4) is 0 Å². The minimum Gasteiger partial charge on any atom is -0.450 e. The van der Waals surface area contributed by atoms with E-state index in [1.54, 1.807) is 4.90 Å². The van der Waals surface area contributed by atoms with Crippen LogP contribution >= 0.6 is 0 Å². The molecule has 0 radical (unpaired) electrons. The molecule has 162 valence electrons. The molecule has 0 aromatic heterocycles. The van der Waals surface area contributed by atoms with E-state index in [1.807, 2.05) is 33.0 Å². The van der Waals surface area contributed by atoms with Gasteiger partial charge in [-0.05, 0) is 51.4 Å². The maximum atomic E-state index is 13.0. The number of nitrogens with one attached hydrogen (secondary N) is 2. The predicted octanol–water partition coefficient (Wildman–Crippen LogP) is 2.43. The van der Waals surface area contributed by atoms with E-state index in [2.05, 4.69) is 20.5 Å². The lowest BCUT2D eigenvalue weighted by molar-refractivity contribution is 0.0963. The smallest absolute Gasteiger partial charge is 0.409 e. The molecule has 7 nitrogen and oxygen atoms in total. The number of hydrogen-bond acceptors (Lipinski definition) is 4. The molecule has 2 rings (SSSR count). The van der Waals surface area contributed by atoms with Gasteiger partial charge in [0.15, 0.2) is 5.96 Å². The summed E-state index contributed by atoms with van der Waals surface area (Å²) in [5, 5.41) is 6.77. The topological polar surface area (TPSA) is 69.2 Å². The average molecular weight is 408 g/mol. The van der Waals surface area contributed by atoms with E-state index in [9.17, 15) is 9.18 Å². The highest BCUT2D eigenvalue weighted by Gasteiger charge is 2.24. The number of halogens is 1. The largest absolute Gasteiger partial charge is 0.450 e. The van der Waals surface area contributed by atoms with Gasteiger partial charge in [0.05, 0.1) is 13.2 Å². The molecule has 0 spiro atoms. The number of rotatable bonds is 8. The number of guanidine groups is 1. The second-order valence-corrected chi connectivity index (χ2v) is 7.23. The lowest BCUT2D eigenvalue weighted by Gasteiger charge is -2.32. The highest BCUT2D eigenvalue weighted by atomic mass is 19.1. The molecular formula is C21H34FN5O2. The van der Waals surface area contributed by atoms with Crippen molar-refractivity contribution in [3.63, 3.8) is 0 Å². The first-order valence-corrected chi connectivity index (χ1v) is 10.4. The molecule has 0 bridgehead atoms. The molecule has 1 amide bonds. The lowest BCUT2D eigenvalue weighted by atomic mass is 10.1. The quantitative estimate of drug-likeness (QED) is 0.512. The second kappa shape index (κ2) is 12.3. The van der Waals surface area contributed by atoms with Gasteiger partial charge < -0.3 is 25.2 Å². The number of carbonyl (C=O) groups is 1. The fourth-order valence-electron chi connectivity index (χ4n) is 3.25. The van der Waals surface area contributed by atoms with Crippen LogP contribution in [0.5, 0.6) is 0 Å². The Bertz CT molecular complexity index is 645. The molecule has 1 heterocycles. The maximum Gasteiger partial charge on any atom is 0.409 e. The van der Waals surface area contributed by atoms with Gasteiger partial charge >= 0.3 is 6.09 Å². The number of nitrogens with zero attached hydrogens (tertiary/aromatic N) is 3. The van der Waals surface area contributed by atoms with Gasteiger partial charge in [-0.1, -0.05) is 12.1 Å². The van der Waals surface area contributed by atoms with E-state index < -0.39 is 0 Å². The lowest BCUT2D eigenvalue weighted by Crippen LogP contribution is -2.50. The third-order valence-electron chi connectivity index (χ3n) is 4.82. The van der Waals surface area contributed by atoms with Gasteiger partial charge in [-0.3, -0.25) is 4.99 Å². The van der Waals surface area contributed by atoms with Crippen LogP contribution in [0.15, 0.2) is 29.3 Å². The fourth-order valence-corrected chi connectivity index (χ4v) is 3.25. The monoisotopic (exact) mass is 407 g/mol. The summed E-state index contributed by atoms with van der Waals surface area (Å²) in [4.78, 5) is 20.4. The third-order valence-corrected chi connectivity index (χ3v) is 4.82. The van der Waals surface area contributed by atoms with E-state index in [-0.39, 0.29) is 18.0 Å². The van der Waals surface area contributed by atoms with Crippen molar-refractivity contribution < 1.29 is 13.9 Å². The van der Waals surface area contributed by atoms with Crippen LogP contribution in [0.1, 0.15) is 32.3 Å². The van der Waals surface area contributed by atoms with Crippen LogP contribution in [0, 0.1) is 5.82 Å². The Morgan fingerprint density at radius 2 is 1.97 bits per heavy atom. The maximum absolute atomic E-state index is 13.0. The number of likely N-dealkylation sites (tertiary alicyclic amines) is 1. The highest BCUT2D eigenvalue weighted by Crippen LogP contribution is 2.11. The Balaban J connectivity index is 1.76. The van der Waals surface area contributed by atoms with Gasteiger partial charge in [0.1, 0.15) is 5.82 Å². The molecule has 1 aliphatic rings. The number of carbonyl (C=O) groups excluding carboxylic acids is 1. The molecule has 0 unspecified atom stereocenters. The summed E-state index contributed by atoms with van der Waals surface area (Å²) in [5.74, 6) is 0.590. The molecule has 2 N–H and O–H groups in total. The van der Waals surface area contributed by atoms with Crippen molar-refractivity contribution in [2.24, 2.45) is 4.99 Å². The number of benzene rings is 1. The van der Waals surface area contributed by atoms with Crippen LogP contribution in [0.4, 0.5) is 9.18 Å². The predicted molar refractivity (Wildman–Crippen MR) is 113 cm³/mol. The molecule has 8 heteroatoms. The van der Waals surface area contributed by atoms with E-state index >= 15 is 0 Å². The third kappa shape index (κ3) is 8.27. The zero-order valence-corrected chi connectivity index (χ0v) is 17.8. The number of likely N-dealkylation sites (N-methyl/N-ethyl adjacent to an activating group) is 1. The molecule has 0 saturated carbocycles. The molecule has 1 fully saturated rings. The van der Waals surface area contributed by atoms with Crippen molar-refractivity contribution in [3.8, 4) is 0 Å². The summed E-state index contributed by atoms with van der Waals surface area (Å²) in [7, 11) is 2.03. The summed E-state index contributed by atoms with van der Waals surface area (Å²) in [6.07, 6.45) is 1.51. The fraction of sp³-hybridized carbons (Fsp3) is 0.619. The van der Waals surface area contributed by atoms with Crippen LogP contribution in [0.25, 0.3) is 0 Å². The van der Waals surface area contributed by atoms with Crippen molar-refractivity contribution in [2.45, 2.75) is 39.3 Å². The number of piperidine rings is 1. The van der Waals surface area contributed by atoms with Crippen molar-refractivity contribution in [3.05, 3.63) is 35.6 Å². The van der Waals surface area contributed by atoms with Gasteiger partial charge in [-0.25, -0.2) is 9.18 Å². The van der Waals surface area contributed by atoms with Gasteiger partial charge in [0.2, 0.25) is 0 Å². The normalized spacial score (nSPS) is 15.5.